The molecule has 0 aromatic heterocycles. The molecule has 18 aromatic carbocycles. The third kappa shape index (κ3) is 10.1. The Labute approximate surface area is 729 Å². The zero-order valence-corrected chi connectivity index (χ0v) is 72.9. The molecule has 0 amide bonds. The average molecular weight is 1590 g/mol. The van der Waals surface area contributed by atoms with Crippen LogP contribution in [0.5, 0.6) is 0 Å². The Balaban J connectivity index is 0.466. The fourth-order valence-corrected chi connectivity index (χ4v) is 24.5. The van der Waals surface area contributed by atoms with Crippen LogP contribution >= 0.6 is 0 Å². The molecule has 0 heterocycles. The van der Waals surface area contributed by atoms with Crippen molar-refractivity contribution in [1.29, 1.82) is 0 Å². The minimum Gasteiger partial charge on any atom is -0.0619 e. The second-order valence-electron chi connectivity index (χ2n) is 40.2. The first-order chi connectivity index (χ1) is 59.9. The van der Waals surface area contributed by atoms with Gasteiger partial charge in [0.2, 0.25) is 0 Å². The van der Waals surface area contributed by atoms with Crippen molar-refractivity contribution in [3.63, 3.8) is 0 Å². The predicted molar refractivity (Wildman–Crippen MR) is 523 cm³/mol. The van der Waals surface area contributed by atoms with Crippen LogP contribution in [0.4, 0.5) is 0 Å². The molecule has 0 N–H and O–H groups in total. The molecule has 0 fully saturated rings. The summed E-state index contributed by atoms with van der Waals surface area (Å²) in [4.78, 5) is 0. The highest BCUT2D eigenvalue weighted by Gasteiger charge is 2.46. The Morgan fingerprint density at radius 2 is 0.347 bits per heavy atom. The summed E-state index contributed by atoms with van der Waals surface area (Å²) >= 11 is 0. The standard InChI is InChI=1S/C124H96/c1-70-97-64-103-113(123(10,11)115-66-99(85-22-14-16-26-95(85)117(103)115)77-42-38-73(39-43-77)71-30-34-75(35-31-71)79-46-52-91-93-56-50-83(62-111(93)121(6,7)109(91)58-79)81-48-54-89-87-24-18-20-28-105(87)119(2,3)107(89)60-81)68-101(97)102-69-114-104(65-98(70)102)118-96-27-17-15-23-86(96)100(67-116(118)124(114,12)13)78-44-40-74(41-45-78)72-32-36-76(37-33-72)80-47-53-92-94-57-51-84(63-112(94)122(8,9)110(92)59-80)82-49-55-90-88-25-19-21-29-106(88)120(4,5)108(90)61-82/h14-70H,1-13H3. The van der Waals surface area contributed by atoms with E-state index in [0.717, 1.165) is 0 Å². The van der Waals surface area contributed by atoms with Crippen LogP contribution in [0.2, 0.25) is 0 Å². The van der Waals surface area contributed by atoms with Gasteiger partial charge in [0, 0.05) is 38.4 Å². The molecule has 0 aliphatic heterocycles. The zero-order chi connectivity index (χ0) is 83.9. The molecule has 0 saturated carbocycles. The summed E-state index contributed by atoms with van der Waals surface area (Å²) in [6.07, 6.45) is 0. The van der Waals surface area contributed by atoms with E-state index in [-0.39, 0.29) is 38.4 Å². The summed E-state index contributed by atoms with van der Waals surface area (Å²) < 4.78 is 0. The molecular formula is C124H96. The van der Waals surface area contributed by atoms with Gasteiger partial charge in [-0.1, -0.05) is 357 Å². The van der Waals surface area contributed by atoms with Crippen LogP contribution in [-0.2, 0) is 32.5 Å². The van der Waals surface area contributed by atoms with Crippen molar-refractivity contribution in [2.75, 3.05) is 0 Å². The maximum Gasteiger partial charge on any atom is 0.0159 e. The Hall–Kier alpha value is -13.5. The second kappa shape index (κ2) is 25.3. The second-order valence-corrected chi connectivity index (χ2v) is 40.2. The third-order valence-corrected chi connectivity index (χ3v) is 31.6. The van der Waals surface area contributed by atoms with Crippen LogP contribution in [-0.4, -0.2) is 0 Å². The van der Waals surface area contributed by atoms with Crippen molar-refractivity contribution < 1.29 is 0 Å². The molecule has 25 rings (SSSR count). The molecular weight excluding hydrogens is 1490 g/mol. The van der Waals surface area contributed by atoms with E-state index in [9.17, 15) is 0 Å². The van der Waals surface area contributed by atoms with E-state index in [2.05, 4.69) is 430 Å². The number of fused-ring (bicyclic) bond motifs is 25. The van der Waals surface area contributed by atoms with Crippen LogP contribution < -0.4 is 0 Å². The van der Waals surface area contributed by atoms with Gasteiger partial charge >= 0.3 is 0 Å². The molecule has 7 aliphatic rings. The van der Waals surface area contributed by atoms with E-state index in [0.29, 0.717) is 0 Å². The van der Waals surface area contributed by atoms with Gasteiger partial charge in [-0.25, -0.2) is 0 Å². The molecule has 0 unspecified atom stereocenters. The van der Waals surface area contributed by atoms with Crippen molar-refractivity contribution in [1.82, 2.24) is 0 Å². The number of benzene rings is 18. The monoisotopic (exact) mass is 1580 g/mol. The first kappa shape index (κ1) is 73.2. The molecule has 0 saturated heterocycles. The fraction of sp³-hybridized carbons (Fsp3) is 0.161. The average Bonchev–Trinajstić information content (AvgIpc) is 1.52. The summed E-state index contributed by atoms with van der Waals surface area (Å²) in [7, 11) is 0. The van der Waals surface area contributed by atoms with Gasteiger partial charge in [0.15, 0.2) is 0 Å². The minimum atomic E-state index is -0.243. The largest absolute Gasteiger partial charge is 0.0619 e. The van der Waals surface area contributed by atoms with Crippen molar-refractivity contribution in [3.05, 3.63) is 418 Å². The maximum absolute atomic E-state index is 2.61. The molecule has 0 heteroatoms. The summed E-state index contributed by atoms with van der Waals surface area (Å²) in [5.41, 5.74) is 58.0. The van der Waals surface area contributed by atoms with Crippen LogP contribution in [0.15, 0.2) is 340 Å². The van der Waals surface area contributed by atoms with Gasteiger partial charge in [0.05, 0.1) is 0 Å². The number of rotatable bonds is 8. The molecule has 0 nitrogen and oxygen atoms in total. The lowest BCUT2D eigenvalue weighted by Gasteiger charge is -2.24. The highest BCUT2D eigenvalue weighted by molar-refractivity contribution is 6.12. The maximum atomic E-state index is 2.61. The van der Waals surface area contributed by atoms with E-state index in [1.807, 2.05) is 0 Å². The van der Waals surface area contributed by atoms with Crippen LogP contribution in [0.1, 0.15) is 174 Å². The molecule has 7 aliphatic carbocycles. The van der Waals surface area contributed by atoms with E-state index in [4.69, 9.17) is 0 Å². The van der Waals surface area contributed by atoms with Crippen LogP contribution in [0, 0.1) is 0 Å². The van der Waals surface area contributed by atoms with Crippen molar-refractivity contribution in [2.24, 2.45) is 0 Å². The topological polar surface area (TPSA) is 0 Å². The lowest BCUT2D eigenvalue weighted by molar-refractivity contribution is 0.659. The molecule has 0 bridgehead atoms. The summed E-state index contributed by atoms with van der Waals surface area (Å²) in [6, 6.07) is 132. The normalized spacial score (nSPS) is 16.0. The van der Waals surface area contributed by atoms with Crippen molar-refractivity contribution in [2.45, 2.75) is 128 Å². The highest BCUT2D eigenvalue weighted by Crippen LogP contribution is 2.63. The van der Waals surface area contributed by atoms with E-state index in [1.165, 1.54) is 266 Å². The number of hydrogen-bond donors (Lipinski definition) is 0. The molecule has 0 radical (unpaired) electrons. The quantitative estimate of drug-likeness (QED) is 0.142. The van der Waals surface area contributed by atoms with Crippen LogP contribution in [0.3, 0.4) is 0 Å². The Morgan fingerprint density at radius 1 is 0.145 bits per heavy atom. The molecule has 18 aromatic rings. The zero-order valence-electron chi connectivity index (χ0n) is 72.9. The first-order valence-electron chi connectivity index (χ1n) is 44.9. The van der Waals surface area contributed by atoms with E-state index >= 15 is 0 Å². The minimum absolute atomic E-state index is 0.0396. The predicted octanol–water partition coefficient (Wildman–Crippen LogP) is 33.3. The van der Waals surface area contributed by atoms with Crippen molar-refractivity contribution >= 4 is 21.5 Å². The Morgan fingerprint density at radius 3 is 0.645 bits per heavy atom. The van der Waals surface area contributed by atoms with Gasteiger partial charge in [-0.05, 0) is 339 Å². The van der Waals surface area contributed by atoms with Gasteiger partial charge < -0.3 is 0 Å². The molecule has 0 atom stereocenters. The highest BCUT2D eigenvalue weighted by atomic mass is 14.5. The van der Waals surface area contributed by atoms with Gasteiger partial charge in [-0.15, -0.1) is 0 Å². The lowest BCUT2D eigenvalue weighted by Crippen LogP contribution is -2.16. The Kier molecular flexibility index (Phi) is 15.0. The molecule has 124 heavy (non-hydrogen) atoms. The smallest absolute Gasteiger partial charge is 0.0159 e. The summed E-state index contributed by atoms with van der Waals surface area (Å²) in [5, 5.41) is 5.23. The van der Waals surface area contributed by atoms with Crippen LogP contribution in [0.25, 0.3) is 188 Å². The van der Waals surface area contributed by atoms with Gasteiger partial charge in [0.1, 0.15) is 0 Å². The van der Waals surface area contributed by atoms with Gasteiger partial charge in [-0.2, -0.15) is 0 Å². The molecule has 0 spiro atoms. The SMILES string of the molecule is CC1c2cc3c(cc2-c2cc4c(cc21)-c1c(cc(-c2ccc(-c5ccc(-c6ccc7c(c6)C(C)(C)c6cc(-c8ccc9c(c8)C(C)(C)c8ccccc8-9)ccc6-7)cc5)cc2)c2ccccc12)C4(C)C)C(C)(C)c1cc(-c2ccc(-c4ccc(-c5ccc6c(c5)C(C)(C)c5cc(-c7ccc8c(c7)C(C)(C)c7ccccc7-8)ccc5-6)cc4)cc2)c2ccccc2c1-3. The Bertz CT molecular complexity index is 7320. The van der Waals surface area contributed by atoms with E-state index in [1.54, 1.807) is 0 Å². The first-order valence-corrected chi connectivity index (χ1v) is 44.9. The van der Waals surface area contributed by atoms with Crippen molar-refractivity contribution in [3.8, 4) is 167 Å². The lowest BCUT2D eigenvalue weighted by atomic mass is 9.79. The summed E-state index contributed by atoms with van der Waals surface area (Å²) in [6.45, 7) is 31.5. The van der Waals surface area contributed by atoms with Gasteiger partial charge in [-0.3, -0.25) is 0 Å². The van der Waals surface area contributed by atoms with Gasteiger partial charge in [0.25, 0.3) is 0 Å². The summed E-state index contributed by atoms with van der Waals surface area (Å²) in [5.74, 6) is 0.226. The third-order valence-electron chi connectivity index (χ3n) is 31.6. The number of hydrogen-bond acceptors (Lipinski definition) is 0. The van der Waals surface area contributed by atoms with E-state index < -0.39 is 0 Å². The molecule has 592 valence electrons. The fourth-order valence-electron chi connectivity index (χ4n) is 24.5.